The third-order valence-electron chi connectivity index (χ3n) is 3.30. The first-order valence-corrected chi connectivity index (χ1v) is 6.33. The first-order valence-electron chi connectivity index (χ1n) is 5.95. The van der Waals surface area contributed by atoms with Crippen LogP contribution in [-0.4, -0.2) is 11.0 Å². The lowest BCUT2D eigenvalue weighted by atomic mass is 10.1. The van der Waals surface area contributed by atoms with E-state index in [1.165, 1.54) is 11.1 Å². The van der Waals surface area contributed by atoms with Gasteiger partial charge in [0, 0.05) is 12.2 Å². The number of anilines is 1. The molecule has 18 heavy (non-hydrogen) atoms. The molecule has 1 aromatic heterocycles. The second-order valence-corrected chi connectivity index (χ2v) is 4.99. The molecular weight excluding hydrogens is 246 g/mol. The molecule has 0 bridgehead atoms. The second kappa shape index (κ2) is 4.59. The molecule has 2 atom stereocenters. The molecule has 0 spiro atoms. The predicted octanol–water partition coefficient (Wildman–Crippen LogP) is 2.77. The average Bonchev–Trinajstić information content (AvgIpc) is 2.69. The molecule has 0 radical (unpaired) electrons. The number of nitrogens with zero attached hydrogens (tertiary/aromatic N) is 1. The Morgan fingerprint density at radius 1 is 1.22 bits per heavy atom. The van der Waals surface area contributed by atoms with Gasteiger partial charge in [0.05, 0.1) is 11.1 Å². The largest absolute Gasteiger partial charge is 0.362 e. The monoisotopic (exact) mass is 259 g/mol. The van der Waals surface area contributed by atoms with Gasteiger partial charge in [0.15, 0.2) is 0 Å². The third-order valence-corrected chi connectivity index (χ3v) is 3.53. The fourth-order valence-electron chi connectivity index (χ4n) is 2.43. The highest BCUT2D eigenvalue weighted by atomic mass is 35.5. The van der Waals surface area contributed by atoms with Gasteiger partial charge >= 0.3 is 0 Å². The summed E-state index contributed by atoms with van der Waals surface area (Å²) in [5.41, 5.74) is 8.77. The van der Waals surface area contributed by atoms with Crippen LogP contribution < -0.4 is 11.1 Å². The quantitative estimate of drug-likeness (QED) is 0.872. The Balaban J connectivity index is 1.87. The Labute approximate surface area is 111 Å². The molecule has 1 heterocycles. The van der Waals surface area contributed by atoms with Crippen LogP contribution in [0.4, 0.5) is 5.82 Å². The van der Waals surface area contributed by atoms with Gasteiger partial charge in [0.25, 0.3) is 0 Å². The van der Waals surface area contributed by atoms with Gasteiger partial charge in [0.2, 0.25) is 0 Å². The van der Waals surface area contributed by atoms with E-state index in [0.717, 1.165) is 12.2 Å². The minimum Gasteiger partial charge on any atom is -0.362 e. The average molecular weight is 260 g/mol. The predicted molar refractivity (Wildman–Crippen MR) is 73.7 cm³/mol. The van der Waals surface area contributed by atoms with Crippen LogP contribution in [0, 0.1) is 0 Å². The van der Waals surface area contributed by atoms with Crippen LogP contribution in [0.25, 0.3) is 0 Å². The first-order chi connectivity index (χ1) is 8.74. The normalized spacial score (nSPS) is 21.7. The molecule has 4 heteroatoms. The van der Waals surface area contributed by atoms with Crippen LogP contribution in [-0.2, 0) is 6.42 Å². The van der Waals surface area contributed by atoms with E-state index in [-0.39, 0.29) is 12.1 Å². The maximum atomic E-state index is 6.19. The standard InChI is InChI=1S/C14H14ClN3/c15-10-5-6-13(17-8-10)18-14-11-4-2-1-3-9(11)7-12(14)16/h1-6,8,12,14H,7,16H2,(H,17,18). The van der Waals surface area contributed by atoms with E-state index < -0.39 is 0 Å². The lowest BCUT2D eigenvalue weighted by molar-refractivity contribution is 0.624. The molecule has 0 aliphatic heterocycles. The van der Waals surface area contributed by atoms with Crippen molar-refractivity contribution in [2.75, 3.05) is 5.32 Å². The minimum absolute atomic E-state index is 0.0832. The van der Waals surface area contributed by atoms with Crippen LogP contribution in [0.3, 0.4) is 0 Å². The molecule has 1 aliphatic rings. The fourth-order valence-corrected chi connectivity index (χ4v) is 2.54. The van der Waals surface area contributed by atoms with Gasteiger partial charge in [0.1, 0.15) is 5.82 Å². The van der Waals surface area contributed by atoms with Crippen LogP contribution in [0.2, 0.25) is 5.02 Å². The molecule has 3 N–H and O–H groups in total. The van der Waals surface area contributed by atoms with Gasteiger partial charge in [-0.1, -0.05) is 35.9 Å². The summed E-state index contributed by atoms with van der Waals surface area (Å²) in [7, 11) is 0. The van der Waals surface area contributed by atoms with Crippen molar-refractivity contribution in [3.8, 4) is 0 Å². The summed E-state index contributed by atoms with van der Waals surface area (Å²) in [6.45, 7) is 0. The van der Waals surface area contributed by atoms with Crippen molar-refractivity contribution in [3.63, 3.8) is 0 Å². The summed E-state index contributed by atoms with van der Waals surface area (Å²) < 4.78 is 0. The van der Waals surface area contributed by atoms with E-state index in [4.69, 9.17) is 17.3 Å². The number of nitrogens with one attached hydrogen (secondary N) is 1. The topological polar surface area (TPSA) is 50.9 Å². The van der Waals surface area contributed by atoms with Gasteiger partial charge in [-0.05, 0) is 29.7 Å². The van der Waals surface area contributed by atoms with Crippen LogP contribution >= 0.6 is 11.6 Å². The zero-order valence-corrected chi connectivity index (χ0v) is 10.6. The first kappa shape index (κ1) is 11.5. The van der Waals surface area contributed by atoms with Crippen molar-refractivity contribution in [2.45, 2.75) is 18.5 Å². The van der Waals surface area contributed by atoms with Crippen LogP contribution in [0.5, 0.6) is 0 Å². The molecule has 92 valence electrons. The zero-order chi connectivity index (χ0) is 12.5. The lowest BCUT2D eigenvalue weighted by Crippen LogP contribution is -2.30. The zero-order valence-electron chi connectivity index (χ0n) is 9.81. The summed E-state index contributed by atoms with van der Waals surface area (Å²) in [6.07, 6.45) is 2.54. The molecule has 0 saturated carbocycles. The molecule has 0 fully saturated rings. The summed E-state index contributed by atoms with van der Waals surface area (Å²) in [6, 6.07) is 12.2. The minimum atomic E-state index is 0.0832. The van der Waals surface area contributed by atoms with E-state index >= 15 is 0 Å². The van der Waals surface area contributed by atoms with Gasteiger partial charge < -0.3 is 11.1 Å². The molecule has 1 aliphatic carbocycles. The molecule has 0 saturated heterocycles. The highest BCUT2D eigenvalue weighted by Gasteiger charge is 2.29. The highest BCUT2D eigenvalue weighted by Crippen LogP contribution is 2.32. The van der Waals surface area contributed by atoms with E-state index in [0.29, 0.717) is 5.02 Å². The van der Waals surface area contributed by atoms with Crippen LogP contribution in [0.15, 0.2) is 42.6 Å². The van der Waals surface area contributed by atoms with Crippen molar-refractivity contribution < 1.29 is 0 Å². The summed E-state index contributed by atoms with van der Waals surface area (Å²) in [4.78, 5) is 4.25. The number of fused-ring (bicyclic) bond motifs is 1. The van der Waals surface area contributed by atoms with Crippen LogP contribution in [0.1, 0.15) is 17.2 Å². The lowest BCUT2D eigenvalue weighted by Gasteiger charge is -2.19. The van der Waals surface area contributed by atoms with E-state index in [1.54, 1.807) is 6.20 Å². The Bertz CT molecular complexity index is 553. The van der Waals surface area contributed by atoms with Crippen molar-refractivity contribution in [3.05, 3.63) is 58.7 Å². The molecule has 0 amide bonds. The summed E-state index contributed by atoms with van der Waals surface area (Å²) in [5.74, 6) is 0.802. The number of nitrogens with two attached hydrogens (primary N) is 1. The van der Waals surface area contributed by atoms with Crippen molar-refractivity contribution in [1.82, 2.24) is 4.98 Å². The Morgan fingerprint density at radius 2 is 2.06 bits per heavy atom. The molecule has 3 rings (SSSR count). The number of pyridine rings is 1. The fraction of sp³-hybridized carbons (Fsp3) is 0.214. The molecular formula is C14H14ClN3. The Hall–Kier alpha value is -1.58. The van der Waals surface area contributed by atoms with E-state index in [9.17, 15) is 0 Å². The molecule has 2 unspecified atom stereocenters. The number of rotatable bonds is 2. The second-order valence-electron chi connectivity index (χ2n) is 4.55. The van der Waals surface area contributed by atoms with E-state index in [1.807, 2.05) is 18.2 Å². The smallest absolute Gasteiger partial charge is 0.126 e. The maximum absolute atomic E-state index is 6.19. The van der Waals surface area contributed by atoms with Gasteiger partial charge in [-0.3, -0.25) is 0 Å². The SMILES string of the molecule is NC1Cc2ccccc2C1Nc1ccc(Cl)cn1. The molecule has 1 aromatic carbocycles. The Kier molecular flexibility index (Phi) is 2.94. The number of aromatic nitrogens is 1. The summed E-state index contributed by atoms with van der Waals surface area (Å²) >= 11 is 5.82. The number of benzene rings is 1. The van der Waals surface area contributed by atoms with Gasteiger partial charge in [-0.25, -0.2) is 4.98 Å². The van der Waals surface area contributed by atoms with Crippen molar-refractivity contribution in [2.24, 2.45) is 5.73 Å². The highest BCUT2D eigenvalue weighted by molar-refractivity contribution is 6.30. The molecule has 2 aromatic rings. The Morgan fingerprint density at radius 3 is 2.83 bits per heavy atom. The third kappa shape index (κ3) is 2.07. The van der Waals surface area contributed by atoms with E-state index in [2.05, 4.69) is 28.5 Å². The number of hydrogen-bond acceptors (Lipinski definition) is 3. The van der Waals surface area contributed by atoms with Gasteiger partial charge in [-0.15, -0.1) is 0 Å². The van der Waals surface area contributed by atoms with Crippen molar-refractivity contribution >= 4 is 17.4 Å². The maximum Gasteiger partial charge on any atom is 0.126 e. The number of halogens is 1. The summed E-state index contributed by atoms with van der Waals surface area (Å²) in [5, 5.41) is 4.02. The number of hydrogen-bond donors (Lipinski definition) is 2. The molecule has 3 nitrogen and oxygen atoms in total. The van der Waals surface area contributed by atoms with Crippen molar-refractivity contribution in [1.29, 1.82) is 0 Å². The van der Waals surface area contributed by atoms with Gasteiger partial charge in [-0.2, -0.15) is 0 Å².